The largest absolute Gasteiger partial charge is 0.328 e. The van der Waals surface area contributed by atoms with Crippen molar-refractivity contribution in [1.82, 2.24) is 9.55 Å². The Hall–Kier alpha value is -3.03. The number of nitriles is 1. The van der Waals surface area contributed by atoms with Gasteiger partial charge in [-0.15, -0.1) is 0 Å². The van der Waals surface area contributed by atoms with Gasteiger partial charge in [0.1, 0.15) is 5.69 Å². The highest BCUT2D eigenvalue weighted by molar-refractivity contribution is 7.89. The van der Waals surface area contributed by atoms with Crippen molar-refractivity contribution in [3.05, 3.63) is 67.0 Å². The first-order valence-corrected chi connectivity index (χ1v) is 10.6. The number of nitrogens with two attached hydrogens (primary N) is 1. The number of aryl methyl sites for hydroxylation is 1. The molecule has 2 aromatic rings. The predicted octanol–water partition coefficient (Wildman–Crippen LogP) is 0.750. The Balaban J connectivity index is 2.71. The summed E-state index contributed by atoms with van der Waals surface area (Å²) in [7, 11) is -3.75. The molecule has 10 heteroatoms. The van der Waals surface area contributed by atoms with Gasteiger partial charge in [-0.05, 0) is 43.0 Å². The van der Waals surface area contributed by atoms with E-state index in [1.54, 1.807) is 32.9 Å². The van der Waals surface area contributed by atoms with Gasteiger partial charge in [0, 0.05) is 17.7 Å². The normalized spacial score (nSPS) is 11.4. The van der Waals surface area contributed by atoms with Crippen LogP contribution in [0.1, 0.15) is 58.9 Å². The molecule has 0 atom stereocenters. The molecule has 0 spiro atoms. The summed E-state index contributed by atoms with van der Waals surface area (Å²) in [6, 6.07) is 6.53. The standard InChI is InChI=1S/C19H22N4O5S/c1-11(2)15-16(17(24)14-8-12(3)7-13(9-14)10-20)23(19(26)22-18(15)25)5-4-6-29(21,27)28/h7-9,11H,4-6H2,1-3H3,(H2,21,27,28)(H,22,25,26). The number of aromatic nitrogens is 2. The molecule has 1 aromatic carbocycles. The number of sulfonamides is 1. The topological polar surface area (TPSA) is 156 Å². The minimum Gasteiger partial charge on any atom is -0.290 e. The monoisotopic (exact) mass is 418 g/mol. The smallest absolute Gasteiger partial charge is 0.290 e. The second kappa shape index (κ2) is 8.55. The number of rotatable bonds is 7. The van der Waals surface area contributed by atoms with Crippen molar-refractivity contribution in [3.63, 3.8) is 0 Å². The van der Waals surface area contributed by atoms with E-state index in [0.717, 1.165) is 4.57 Å². The molecule has 0 saturated carbocycles. The van der Waals surface area contributed by atoms with Gasteiger partial charge in [0.05, 0.1) is 17.4 Å². The van der Waals surface area contributed by atoms with Crippen LogP contribution in [0, 0.1) is 18.3 Å². The van der Waals surface area contributed by atoms with Gasteiger partial charge in [-0.1, -0.05) is 13.8 Å². The maximum atomic E-state index is 13.3. The maximum absolute atomic E-state index is 13.3. The van der Waals surface area contributed by atoms with Gasteiger partial charge in [-0.25, -0.2) is 18.4 Å². The number of H-pyrrole nitrogens is 1. The van der Waals surface area contributed by atoms with Crippen molar-refractivity contribution in [1.29, 1.82) is 5.26 Å². The van der Waals surface area contributed by atoms with Gasteiger partial charge in [0.2, 0.25) is 15.8 Å². The highest BCUT2D eigenvalue weighted by Crippen LogP contribution is 2.20. The van der Waals surface area contributed by atoms with Gasteiger partial charge >= 0.3 is 5.69 Å². The van der Waals surface area contributed by atoms with E-state index in [2.05, 4.69) is 4.98 Å². The average Bonchev–Trinajstić information content (AvgIpc) is 2.60. The molecule has 0 unspecified atom stereocenters. The van der Waals surface area contributed by atoms with E-state index in [4.69, 9.17) is 5.14 Å². The third-order valence-corrected chi connectivity index (χ3v) is 5.16. The van der Waals surface area contributed by atoms with E-state index < -0.39 is 27.1 Å². The van der Waals surface area contributed by atoms with Crippen molar-refractivity contribution in [2.45, 2.75) is 39.7 Å². The lowest BCUT2D eigenvalue weighted by Gasteiger charge is -2.17. The number of nitrogens with zero attached hydrogens (tertiary/aromatic N) is 2. The maximum Gasteiger partial charge on any atom is 0.328 e. The first-order valence-electron chi connectivity index (χ1n) is 8.88. The summed E-state index contributed by atoms with van der Waals surface area (Å²) >= 11 is 0. The van der Waals surface area contributed by atoms with Gasteiger partial charge in [0.25, 0.3) is 5.56 Å². The molecule has 1 aromatic heterocycles. The molecule has 2 rings (SSSR count). The number of benzene rings is 1. The Morgan fingerprint density at radius 3 is 2.48 bits per heavy atom. The van der Waals surface area contributed by atoms with E-state index in [-0.39, 0.29) is 47.0 Å². The molecular formula is C19H22N4O5S. The summed E-state index contributed by atoms with van der Waals surface area (Å²) in [6.45, 7) is 5.01. The fraction of sp³-hybridized carbons (Fsp3) is 0.368. The Bertz CT molecular complexity index is 1220. The molecule has 29 heavy (non-hydrogen) atoms. The van der Waals surface area contributed by atoms with E-state index in [1.165, 1.54) is 6.07 Å². The lowest BCUT2D eigenvalue weighted by molar-refractivity contribution is 0.102. The Morgan fingerprint density at radius 1 is 1.28 bits per heavy atom. The van der Waals surface area contributed by atoms with E-state index in [1.807, 2.05) is 6.07 Å². The summed E-state index contributed by atoms with van der Waals surface area (Å²) in [5, 5.41) is 14.2. The highest BCUT2D eigenvalue weighted by Gasteiger charge is 2.25. The van der Waals surface area contributed by atoms with Crippen LogP contribution in [0.15, 0.2) is 27.8 Å². The van der Waals surface area contributed by atoms with E-state index in [9.17, 15) is 28.1 Å². The Kier molecular flexibility index (Phi) is 6.56. The van der Waals surface area contributed by atoms with Gasteiger partial charge in [-0.3, -0.25) is 19.1 Å². The van der Waals surface area contributed by atoms with Crippen LogP contribution in [0.3, 0.4) is 0 Å². The number of carbonyl (C=O) groups is 1. The predicted molar refractivity (Wildman–Crippen MR) is 107 cm³/mol. The quantitative estimate of drug-likeness (QED) is 0.632. The summed E-state index contributed by atoms with van der Waals surface area (Å²) in [4.78, 5) is 40.4. The van der Waals surface area contributed by atoms with E-state index >= 15 is 0 Å². The molecule has 0 aliphatic heterocycles. The summed E-state index contributed by atoms with van der Waals surface area (Å²) in [5.74, 6) is -1.36. The van der Waals surface area contributed by atoms with Crippen LogP contribution in [0.4, 0.5) is 0 Å². The zero-order chi connectivity index (χ0) is 21.9. The van der Waals surface area contributed by atoms with Crippen LogP contribution in [-0.2, 0) is 16.6 Å². The minimum atomic E-state index is -3.75. The first kappa shape index (κ1) is 22.3. The molecule has 1 heterocycles. The van der Waals surface area contributed by atoms with Crippen molar-refractivity contribution in [3.8, 4) is 6.07 Å². The third-order valence-electron chi connectivity index (χ3n) is 4.31. The molecule has 154 valence electrons. The van der Waals surface area contributed by atoms with Gasteiger partial charge < -0.3 is 0 Å². The summed E-state index contributed by atoms with van der Waals surface area (Å²) in [6.07, 6.45) is -0.0140. The van der Waals surface area contributed by atoms with Crippen molar-refractivity contribution >= 4 is 15.8 Å². The second-order valence-electron chi connectivity index (χ2n) is 7.08. The van der Waals surface area contributed by atoms with Crippen LogP contribution in [0.25, 0.3) is 0 Å². The second-order valence-corrected chi connectivity index (χ2v) is 8.81. The molecule has 0 aliphatic rings. The molecule has 3 N–H and O–H groups in total. The number of hydrogen-bond donors (Lipinski definition) is 2. The van der Waals surface area contributed by atoms with Crippen LogP contribution >= 0.6 is 0 Å². The summed E-state index contributed by atoms with van der Waals surface area (Å²) < 4.78 is 23.5. The number of carbonyl (C=O) groups excluding carboxylic acids is 1. The molecule has 9 nitrogen and oxygen atoms in total. The van der Waals surface area contributed by atoms with E-state index in [0.29, 0.717) is 5.56 Å². The fourth-order valence-electron chi connectivity index (χ4n) is 3.12. The van der Waals surface area contributed by atoms with Crippen molar-refractivity contribution < 1.29 is 13.2 Å². The highest BCUT2D eigenvalue weighted by atomic mass is 32.2. The minimum absolute atomic E-state index is 0.0140. The number of hydrogen-bond acceptors (Lipinski definition) is 6. The molecule has 0 bridgehead atoms. The lowest BCUT2D eigenvalue weighted by atomic mass is 9.95. The summed E-state index contributed by atoms with van der Waals surface area (Å²) in [5.41, 5.74) is -0.384. The van der Waals surface area contributed by atoms with Crippen molar-refractivity contribution in [2.75, 3.05) is 5.75 Å². The average molecular weight is 418 g/mol. The van der Waals surface area contributed by atoms with Crippen LogP contribution in [0.5, 0.6) is 0 Å². The molecule has 0 radical (unpaired) electrons. The Morgan fingerprint density at radius 2 is 1.93 bits per heavy atom. The van der Waals surface area contributed by atoms with Gasteiger partial charge in [0.15, 0.2) is 0 Å². The molecule has 0 fully saturated rings. The third kappa shape index (κ3) is 5.28. The molecular weight excluding hydrogens is 396 g/mol. The van der Waals surface area contributed by atoms with Crippen LogP contribution in [-0.4, -0.2) is 29.5 Å². The SMILES string of the molecule is Cc1cc(C#N)cc(C(=O)c2c(C(C)C)c(=O)[nH]c(=O)n2CCCS(N)(=O)=O)c1. The number of aromatic amines is 1. The molecule has 0 amide bonds. The molecule has 0 aliphatic carbocycles. The lowest BCUT2D eigenvalue weighted by Crippen LogP contribution is -2.38. The zero-order valence-corrected chi connectivity index (χ0v) is 17.2. The van der Waals surface area contributed by atoms with Crippen molar-refractivity contribution in [2.24, 2.45) is 5.14 Å². The van der Waals surface area contributed by atoms with Crippen LogP contribution in [0.2, 0.25) is 0 Å². The number of primary sulfonamides is 1. The number of nitrogens with one attached hydrogen (secondary N) is 1. The first-order chi connectivity index (χ1) is 13.4. The zero-order valence-electron chi connectivity index (χ0n) is 16.4. The molecule has 0 saturated heterocycles. The Labute approximate surface area is 167 Å². The van der Waals surface area contributed by atoms with Crippen LogP contribution < -0.4 is 16.4 Å². The fourth-order valence-corrected chi connectivity index (χ4v) is 3.65. The number of ketones is 1. The van der Waals surface area contributed by atoms with Gasteiger partial charge in [-0.2, -0.15) is 5.26 Å².